The van der Waals surface area contributed by atoms with E-state index < -0.39 is 41.4 Å². The van der Waals surface area contributed by atoms with Crippen molar-refractivity contribution in [3.63, 3.8) is 0 Å². The summed E-state index contributed by atoms with van der Waals surface area (Å²) in [5.74, 6) is -0.0334. The van der Waals surface area contributed by atoms with Crippen molar-refractivity contribution in [2.45, 2.75) is 18.4 Å². The van der Waals surface area contributed by atoms with Crippen LogP contribution in [0.15, 0.2) is 53.3 Å². The number of nitrogens with one attached hydrogen (secondary N) is 1. The Kier molecular flexibility index (Phi) is 4.67. The van der Waals surface area contributed by atoms with Crippen molar-refractivity contribution in [3.8, 4) is 5.75 Å². The van der Waals surface area contributed by atoms with Gasteiger partial charge in [0.15, 0.2) is 0 Å². The molecule has 2 heterocycles. The molecule has 4 nitrogen and oxygen atoms in total. The third kappa shape index (κ3) is 3.81. The minimum Gasteiger partial charge on any atom is -0.489 e. The molecule has 0 amide bonds. The molecule has 0 bridgehead atoms. The maximum absolute atomic E-state index is 13.5. The van der Waals surface area contributed by atoms with Crippen molar-refractivity contribution in [2.75, 3.05) is 18.1 Å². The number of pyridine rings is 1. The first-order valence-electron chi connectivity index (χ1n) is 8.82. The van der Waals surface area contributed by atoms with E-state index in [4.69, 9.17) is 4.74 Å². The predicted molar refractivity (Wildman–Crippen MR) is 97.6 cm³/mol. The van der Waals surface area contributed by atoms with Crippen molar-refractivity contribution >= 4 is 16.6 Å². The van der Waals surface area contributed by atoms with Gasteiger partial charge in [-0.25, -0.2) is 0 Å². The van der Waals surface area contributed by atoms with E-state index >= 15 is 0 Å². The highest BCUT2D eigenvalue weighted by atomic mass is 19.4. The van der Waals surface area contributed by atoms with Crippen LogP contribution in [0.1, 0.15) is 17.2 Å². The standard InChI is InChI=1S/C20H14F6N2O2/c21-19(22,23)10-28-15-6-12-13(20(24,25)26)7-18(29)27-14(12)8-17(15)30-9-16(28)11-4-2-1-3-5-11/h1-8,16H,9-10H2,(H,27,29)/t16-/m0/s1. The molecule has 0 unspecified atom stereocenters. The molecule has 3 aromatic rings. The van der Waals surface area contributed by atoms with Crippen LogP contribution in [0.4, 0.5) is 32.0 Å². The van der Waals surface area contributed by atoms with Crippen molar-refractivity contribution in [3.05, 3.63) is 70.0 Å². The number of nitrogens with zero attached hydrogens (tertiary/aromatic N) is 1. The lowest BCUT2D eigenvalue weighted by molar-refractivity contribution is -0.136. The number of ether oxygens (including phenoxy) is 1. The lowest BCUT2D eigenvalue weighted by Crippen LogP contribution is -2.42. The van der Waals surface area contributed by atoms with Gasteiger partial charge in [0.1, 0.15) is 18.9 Å². The maximum atomic E-state index is 13.5. The van der Waals surface area contributed by atoms with Crippen molar-refractivity contribution in [2.24, 2.45) is 0 Å². The topological polar surface area (TPSA) is 45.3 Å². The zero-order chi connectivity index (χ0) is 21.7. The monoisotopic (exact) mass is 428 g/mol. The quantitative estimate of drug-likeness (QED) is 0.581. The molecule has 1 N–H and O–H groups in total. The number of hydrogen-bond donors (Lipinski definition) is 1. The molecule has 0 saturated carbocycles. The Morgan fingerprint density at radius 2 is 1.73 bits per heavy atom. The molecule has 158 valence electrons. The number of H-pyrrole nitrogens is 1. The Morgan fingerprint density at radius 3 is 2.37 bits per heavy atom. The molecule has 0 fully saturated rings. The van der Waals surface area contributed by atoms with Gasteiger partial charge in [-0.15, -0.1) is 0 Å². The Hall–Kier alpha value is -3.17. The first-order valence-corrected chi connectivity index (χ1v) is 8.82. The second kappa shape index (κ2) is 6.96. The van der Waals surface area contributed by atoms with Gasteiger partial charge in [-0.1, -0.05) is 30.3 Å². The van der Waals surface area contributed by atoms with Gasteiger partial charge in [-0.05, 0) is 11.6 Å². The molecule has 0 saturated heterocycles. The minimum absolute atomic E-state index is 0.0334. The summed E-state index contributed by atoms with van der Waals surface area (Å²) in [7, 11) is 0. The van der Waals surface area contributed by atoms with E-state index in [1.807, 2.05) is 0 Å². The Labute approximate surface area is 165 Å². The van der Waals surface area contributed by atoms with Gasteiger partial charge in [0.25, 0.3) is 0 Å². The fourth-order valence-corrected chi connectivity index (χ4v) is 3.61. The molecule has 1 aromatic heterocycles. The highest BCUT2D eigenvalue weighted by Gasteiger charge is 2.39. The van der Waals surface area contributed by atoms with Crippen molar-refractivity contribution in [1.29, 1.82) is 0 Å². The summed E-state index contributed by atoms with van der Waals surface area (Å²) in [6.45, 7) is -1.51. The number of anilines is 1. The number of hydrogen-bond acceptors (Lipinski definition) is 3. The molecule has 0 radical (unpaired) electrons. The first kappa shape index (κ1) is 20.1. The van der Waals surface area contributed by atoms with Gasteiger partial charge in [0.2, 0.25) is 5.56 Å². The zero-order valence-corrected chi connectivity index (χ0v) is 15.1. The number of rotatable bonds is 2. The number of alkyl halides is 6. The van der Waals surface area contributed by atoms with E-state index in [9.17, 15) is 31.1 Å². The van der Waals surface area contributed by atoms with Crippen LogP contribution in [-0.2, 0) is 6.18 Å². The highest BCUT2D eigenvalue weighted by Crippen LogP contribution is 2.44. The van der Waals surface area contributed by atoms with Crippen molar-refractivity contribution in [1.82, 2.24) is 4.98 Å². The number of halogens is 6. The SMILES string of the molecule is O=c1cc(C(F)(F)F)c2cc3c(cc2[nH]1)OC[C@@H](c1ccccc1)N3CC(F)(F)F. The molecule has 0 aliphatic carbocycles. The molecule has 0 spiro atoms. The van der Waals surface area contributed by atoms with Crippen LogP contribution in [0.3, 0.4) is 0 Å². The van der Waals surface area contributed by atoms with Gasteiger partial charge in [0.05, 0.1) is 22.8 Å². The number of fused-ring (bicyclic) bond motifs is 2. The van der Waals surface area contributed by atoms with E-state index in [0.717, 1.165) is 17.0 Å². The number of aromatic nitrogens is 1. The smallest absolute Gasteiger partial charge is 0.417 e. The molecule has 30 heavy (non-hydrogen) atoms. The summed E-state index contributed by atoms with van der Waals surface area (Å²) >= 11 is 0. The van der Waals surface area contributed by atoms with E-state index in [1.165, 1.54) is 0 Å². The third-order valence-corrected chi connectivity index (χ3v) is 4.84. The molecule has 1 atom stereocenters. The fraction of sp³-hybridized carbons (Fsp3) is 0.250. The summed E-state index contributed by atoms with van der Waals surface area (Å²) < 4.78 is 86.0. The molecule has 4 rings (SSSR count). The number of aromatic amines is 1. The molecule has 1 aliphatic heterocycles. The van der Waals surface area contributed by atoms with Crippen LogP contribution in [0, 0.1) is 0 Å². The van der Waals surface area contributed by atoms with Gasteiger partial charge in [0, 0.05) is 17.5 Å². The number of benzene rings is 2. The Bertz CT molecular complexity index is 1140. The lowest BCUT2D eigenvalue weighted by atomic mass is 10.0. The minimum atomic E-state index is -4.86. The maximum Gasteiger partial charge on any atom is 0.417 e. The lowest BCUT2D eigenvalue weighted by Gasteiger charge is -2.39. The van der Waals surface area contributed by atoms with Crippen LogP contribution in [0.25, 0.3) is 10.9 Å². The van der Waals surface area contributed by atoms with Crippen LogP contribution < -0.4 is 15.2 Å². The average molecular weight is 428 g/mol. The largest absolute Gasteiger partial charge is 0.489 e. The normalized spacial score (nSPS) is 17.0. The fourth-order valence-electron chi connectivity index (χ4n) is 3.61. The molecule has 1 aliphatic rings. The van der Waals surface area contributed by atoms with Gasteiger partial charge >= 0.3 is 12.4 Å². The predicted octanol–water partition coefficient (Wildman–Crippen LogP) is 5.05. The third-order valence-electron chi connectivity index (χ3n) is 4.84. The van der Waals surface area contributed by atoms with E-state index in [2.05, 4.69) is 4.98 Å². The van der Waals surface area contributed by atoms with Gasteiger partial charge in [-0.3, -0.25) is 4.79 Å². The van der Waals surface area contributed by atoms with Crippen LogP contribution >= 0.6 is 0 Å². The van der Waals surface area contributed by atoms with Gasteiger partial charge in [-0.2, -0.15) is 26.3 Å². The summed E-state index contributed by atoms with van der Waals surface area (Å²) in [4.78, 5) is 14.9. The van der Waals surface area contributed by atoms with Crippen LogP contribution in [-0.4, -0.2) is 24.3 Å². The van der Waals surface area contributed by atoms with Crippen LogP contribution in [0.5, 0.6) is 5.75 Å². The van der Waals surface area contributed by atoms with E-state index in [-0.39, 0.29) is 23.6 Å². The average Bonchev–Trinajstić information content (AvgIpc) is 2.65. The summed E-state index contributed by atoms with van der Waals surface area (Å²) in [6.07, 6.45) is -9.46. The Balaban J connectivity index is 1.93. The van der Waals surface area contributed by atoms with E-state index in [0.29, 0.717) is 11.6 Å². The summed E-state index contributed by atoms with van der Waals surface area (Å²) in [6, 6.07) is 9.93. The summed E-state index contributed by atoms with van der Waals surface area (Å²) in [5.41, 5.74) is -1.96. The second-order valence-electron chi connectivity index (χ2n) is 6.89. The molecular weight excluding hydrogens is 414 g/mol. The van der Waals surface area contributed by atoms with Crippen LogP contribution in [0.2, 0.25) is 0 Å². The van der Waals surface area contributed by atoms with E-state index in [1.54, 1.807) is 30.3 Å². The summed E-state index contributed by atoms with van der Waals surface area (Å²) in [5, 5.41) is -0.412. The molecular formula is C20H14F6N2O2. The van der Waals surface area contributed by atoms with Gasteiger partial charge < -0.3 is 14.6 Å². The molecule has 2 aromatic carbocycles. The Morgan fingerprint density at radius 1 is 1.03 bits per heavy atom. The first-order chi connectivity index (χ1) is 14.0. The van der Waals surface area contributed by atoms with Crippen molar-refractivity contribution < 1.29 is 31.1 Å². The zero-order valence-electron chi connectivity index (χ0n) is 15.1. The second-order valence-corrected chi connectivity index (χ2v) is 6.89. The highest BCUT2D eigenvalue weighted by molar-refractivity contribution is 5.89. The molecule has 10 heteroatoms.